The van der Waals surface area contributed by atoms with E-state index in [1.54, 1.807) is 36.2 Å². The number of nitriles is 1. The summed E-state index contributed by atoms with van der Waals surface area (Å²) in [7, 11) is 1.55. The molecule has 2 amide bonds. The molecule has 2 aliphatic heterocycles. The van der Waals surface area contributed by atoms with Crippen molar-refractivity contribution in [2.24, 2.45) is 5.41 Å². The number of hydrogen-bond acceptors (Lipinski definition) is 4. The average Bonchev–Trinajstić information content (AvgIpc) is 3.22. The molecule has 2 heterocycles. The molecule has 2 aromatic carbocycles. The summed E-state index contributed by atoms with van der Waals surface area (Å²) in [6.45, 7) is 3.28. The summed E-state index contributed by atoms with van der Waals surface area (Å²) < 4.78 is 40.3. The lowest BCUT2D eigenvalue weighted by Gasteiger charge is -2.40. The van der Waals surface area contributed by atoms with Crippen molar-refractivity contribution in [3.8, 4) is 6.07 Å². The second-order valence-corrected chi connectivity index (χ2v) is 9.41. The van der Waals surface area contributed by atoms with Gasteiger partial charge in [0.05, 0.1) is 17.2 Å². The molecule has 2 aliphatic rings. The maximum Gasteiger partial charge on any atom is 0.417 e. The van der Waals surface area contributed by atoms with Crippen LogP contribution in [0.2, 0.25) is 0 Å². The molecule has 0 saturated carbocycles. The van der Waals surface area contributed by atoms with Gasteiger partial charge in [-0.15, -0.1) is 0 Å². The van der Waals surface area contributed by atoms with Crippen LogP contribution in [0.5, 0.6) is 0 Å². The van der Waals surface area contributed by atoms with Gasteiger partial charge in [-0.2, -0.15) is 18.4 Å². The predicted molar refractivity (Wildman–Crippen MR) is 125 cm³/mol. The quantitative estimate of drug-likeness (QED) is 0.711. The van der Waals surface area contributed by atoms with E-state index in [2.05, 4.69) is 5.32 Å². The Hall–Kier alpha value is -3.54. The van der Waals surface area contributed by atoms with E-state index in [0.29, 0.717) is 50.1 Å². The van der Waals surface area contributed by atoms with E-state index in [9.17, 15) is 22.8 Å². The average molecular weight is 485 g/mol. The highest BCUT2D eigenvalue weighted by Crippen LogP contribution is 2.45. The van der Waals surface area contributed by atoms with E-state index in [-0.39, 0.29) is 17.2 Å². The van der Waals surface area contributed by atoms with Crippen molar-refractivity contribution in [2.75, 3.05) is 31.6 Å². The van der Waals surface area contributed by atoms with Gasteiger partial charge < -0.3 is 15.1 Å². The number of nitrogens with one attached hydrogen (secondary N) is 1. The van der Waals surface area contributed by atoms with Crippen LogP contribution >= 0.6 is 0 Å². The van der Waals surface area contributed by atoms with Gasteiger partial charge >= 0.3 is 6.18 Å². The molecule has 0 bridgehead atoms. The van der Waals surface area contributed by atoms with Crippen LogP contribution in [0.15, 0.2) is 42.5 Å². The van der Waals surface area contributed by atoms with Crippen LogP contribution in [-0.2, 0) is 11.0 Å². The number of nitrogens with zero attached hydrogens (tertiary/aromatic N) is 3. The topological polar surface area (TPSA) is 76.4 Å². The van der Waals surface area contributed by atoms with Crippen LogP contribution < -0.4 is 10.2 Å². The van der Waals surface area contributed by atoms with Crippen LogP contribution in [0, 0.1) is 23.7 Å². The zero-order chi connectivity index (χ0) is 25.4. The fourth-order valence-electron chi connectivity index (χ4n) is 5.30. The van der Waals surface area contributed by atoms with Gasteiger partial charge in [0, 0.05) is 37.9 Å². The van der Waals surface area contributed by atoms with Crippen LogP contribution in [0.1, 0.15) is 46.3 Å². The molecular formula is C26H27F3N4O2. The summed E-state index contributed by atoms with van der Waals surface area (Å²) >= 11 is 0. The molecule has 2 saturated heterocycles. The summed E-state index contributed by atoms with van der Waals surface area (Å²) in [5.41, 5.74) is 0.196. The molecule has 1 N–H and O–H groups in total. The molecule has 9 heteroatoms. The van der Waals surface area contributed by atoms with Crippen molar-refractivity contribution in [1.82, 2.24) is 10.2 Å². The number of anilines is 1. The Bertz CT molecular complexity index is 1180. The Morgan fingerprint density at radius 2 is 1.83 bits per heavy atom. The molecule has 6 nitrogen and oxygen atoms in total. The molecule has 1 unspecified atom stereocenters. The summed E-state index contributed by atoms with van der Waals surface area (Å²) in [5, 5.41) is 11.7. The van der Waals surface area contributed by atoms with E-state index in [0.717, 1.165) is 11.6 Å². The maximum atomic E-state index is 13.4. The van der Waals surface area contributed by atoms with Crippen LogP contribution in [0.3, 0.4) is 0 Å². The van der Waals surface area contributed by atoms with E-state index >= 15 is 0 Å². The van der Waals surface area contributed by atoms with Gasteiger partial charge in [0.2, 0.25) is 5.91 Å². The monoisotopic (exact) mass is 484 g/mol. The first-order chi connectivity index (χ1) is 16.6. The van der Waals surface area contributed by atoms with Crippen molar-refractivity contribution >= 4 is 17.5 Å². The lowest BCUT2D eigenvalue weighted by atomic mass is 9.76. The molecular weight excluding hydrogens is 457 g/mol. The number of benzene rings is 2. The normalized spacial score (nSPS) is 19.5. The summed E-state index contributed by atoms with van der Waals surface area (Å²) in [5.74, 6) is -0.397. The first kappa shape index (κ1) is 24.6. The van der Waals surface area contributed by atoms with Gasteiger partial charge in [0.25, 0.3) is 5.91 Å². The number of aryl methyl sites for hydroxylation is 1. The minimum Gasteiger partial charge on any atom is -0.371 e. The van der Waals surface area contributed by atoms with Gasteiger partial charge in [-0.25, -0.2) is 0 Å². The zero-order valence-corrected chi connectivity index (χ0v) is 19.7. The number of amides is 2. The van der Waals surface area contributed by atoms with Gasteiger partial charge in [0.1, 0.15) is 6.04 Å². The highest BCUT2D eigenvalue weighted by Gasteiger charge is 2.50. The highest BCUT2D eigenvalue weighted by atomic mass is 19.4. The minimum atomic E-state index is -4.61. The first-order valence-corrected chi connectivity index (χ1v) is 11.5. The van der Waals surface area contributed by atoms with Gasteiger partial charge in [-0.3, -0.25) is 9.59 Å². The van der Waals surface area contributed by atoms with Crippen LogP contribution in [-0.4, -0.2) is 49.4 Å². The van der Waals surface area contributed by atoms with Gasteiger partial charge in [0.15, 0.2) is 0 Å². The van der Waals surface area contributed by atoms with Crippen molar-refractivity contribution in [3.05, 3.63) is 64.7 Å². The molecule has 184 valence electrons. The number of rotatable bonds is 3. The Kier molecular flexibility index (Phi) is 6.50. The van der Waals surface area contributed by atoms with E-state index in [4.69, 9.17) is 5.26 Å². The summed E-state index contributed by atoms with van der Waals surface area (Å²) in [6.07, 6.45) is -2.82. The molecule has 0 radical (unpaired) electrons. The van der Waals surface area contributed by atoms with Crippen molar-refractivity contribution in [3.63, 3.8) is 0 Å². The van der Waals surface area contributed by atoms with E-state index in [1.165, 1.54) is 6.07 Å². The maximum absolute atomic E-state index is 13.4. The molecule has 2 aromatic rings. The van der Waals surface area contributed by atoms with Gasteiger partial charge in [-0.1, -0.05) is 18.2 Å². The Morgan fingerprint density at radius 1 is 1.14 bits per heavy atom. The largest absolute Gasteiger partial charge is 0.417 e. The Labute approximate surface area is 202 Å². The summed E-state index contributed by atoms with van der Waals surface area (Å²) in [4.78, 5) is 29.6. The van der Waals surface area contributed by atoms with Gasteiger partial charge in [-0.05, 0) is 61.4 Å². The lowest BCUT2D eigenvalue weighted by Crippen LogP contribution is -2.45. The van der Waals surface area contributed by atoms with E-state index < -0.39 is 23.3 Å². The third kappa shape index (κ3) is 4.70. The number of piperidine rings is 1. The van der Waals surface area contributed by atoms with Crippen molar-refractivity contribution in [2.45, 2.75) is 38.4 Å². The minimum absolute atomic E-state index is 0.182. The standard InChI is InChI=1S/C26H27F3N4O2/c1-17-5-3-4-6-20(17)24(35)33-16-25(14-22(33)23(34)31-2)9-11-32(12-10-25)19-8-7-18(15-30)21(13-19)26(27,28)29/h3-8,13,22H,9-12,14,16H2,1-2H3,(H,31,34). The molecule has 35 heavy (non-hydrogen) atoms. The number of likely N-dealkylation sites (N-methyl/N-ethyl adjacent to an activating group) is 1. The fourth-order valence-corrected chi connectivity index (χ4v) is 5.30. The third-order valence-electron chi connectivity index (χ3n) is 7.31. The first-order valence-electron chi connectivity index (χ1n) is 11.5. The molecule has 0 aromatic heterocycles. The number of carbonyl (C=O) groups is 2. The Balaban J connectivity index is 1.54. The molecule has 2 fully saturated rings. The molecule has 1 atom stereocenters. The van der Waals surface area contributed by atoms with Crippen LogP contribution in [0.25, 0.3) is 0 Å². The lowest BCUT2D eigenvalue weighted by molar-refractivity contribution is -0.137. The summed E-state index contributed by atoms with van der Waals surface area (Å²) in [6, 6.07) is 12.1. The number of hydrogen-bond donors (Lipinski definition) is 1. The zero-order valence-electron chi connectivity index (χ0n) is 19.7. The van der Waals surface area contributed by atoms with Crippen molar-refractivity contribution in [1.29, 1.82) is 5.26 Å². The predicted octanol–water partition coefficient (Wildman–Crippen LogP) is 4.13. The SMILES string of the molecule is CNC(=O)C1CC2(CCN(c3ccc(C#N)c(C(F)(F)F)c3)CC2)CN1C(=O)c1ccccc1C. The number of carbonyl (C=O) groups excluding carboxylic acids is 2. The number of halogens is 3. The molecule has 4 rings (SSSR count). The van der Waals surface area contributed by atoms with Crippen molar-refractivity contribution < 1.29 is 22.8 Å². The van der Waals surface area contributed by atoms with Crippen LogP contribution in [0.4, 0.5) is 18.9 Å². The second-order valence-electron chi connectivity index (χ2n) is 9.41. The third-order valence-corrected chi connectivity index (χ3v) is 7.31. The van der Waals surface area contributed by atoms with E-state index in [1.807, 2.05) is 24.0 Å². The fraction of sp³-hybridized carbons (Fsp3) is 0.423. The molecule has 1 spiro atoms. The molecule has 0 aliphatic carbocycles. The Morgan fingerprint density at radius 3 is 2.43 bits per heavy atom. The number of alkyl halides is 3. The number of likely N-dealkylation sites (tertiary alicyclic amines) is 1. The smallest absolute Gasteiger partial charge is 0.371 e. The highest BCUT2D eigenvalue weighted by molar-refractivity contribution is 5.99. The second kappa shape index (κ2) is 9.25.